The summed E-state index contributed by atoms with van der Waals surface area (Å²) in [4.78, 5) is 19.1. The van der Waals surface area contributed by atoms with Crippen LogP contribution >= 0.6 is 0 Å². The van der Waals surface area contributed by atoms with Gasteiger partial charge in [-0.2, -0.15) is 4.98 Å². The molecule has 0 aliphatic rings. The van der Waals surface area contributed by atoms with Crippen molar-refractivity contribution < 1.29 is 9.53 Å². The van der Waals surface area contributed by atoms with Crippen LogP contribution in [-0.2, 0) is 11.2 Å². The molecule has 0 fully saturated rings. The zero-order valence-corrected chi connectivity index (χ0v) is 8.70. The van der Waals surface area contributed by atoms with Gasteiger partial charge in [-0.25, -0.2) is 4.98 Å². The number of rotatable bonds is 4. The molecule has 0 unspecified atom stereocenters. The molecule has 4 heteroatoms. The molecule has 0 radical (unpaired) electrons. The maximum Gasteiger partial charge on any atom is 0.216 e. The molecular weight excluding hydrogens is 180 g/mol. The maximum absolute atomic E-state index is 10.8. The van der Waals surface area contributed by atoms with Gasteiger partial charge in [0.2, 0.25) is 5.88 Å². The summed E-state index contributed by atoms with van der Waals surface area (Å²) in [6.45, 7) is 3.38. The van der Waals surface area contributed by atoms with Crippen molar-refractivity contribution in [2.45, 2.75) is 26.7 Å². The molecule has 0 aliphatic heterocycles. The molecular formula is C10H14N2O2. The summed E-state index contributed by atoms with van der Waals surface area (Å²) in [5.41, 5.74) is 0.851. The second-order valence-electron chi connectivity index (χ2n) is 3.15. The Morgan fingerprint density at radius 1 is 1.50 bits per heavy atom. The third-order valence-electron chi connectivity index (χ3n) is 1.81. The highest BCUT2D eigenvalue weighted by Gasteiger charge is 2.03. The topological polar surface area (TPSA) is 52.1 Å². The van der Waals surface area contributed by atoms with E-state index in [4.69, 9.17) is 4.74 Å². The van der Waals surface area contributed by atoms with E-state index < -0.39 is 0 Å². The van der Waals surface area contributed by atoms with E-state index in [1.54, 1.807) is 27.0 Å². The van der Waals surface area contributed by atoms with Crippen molar-refractivity contribution in [1.29, 1.82) is 0 Å². The van der Waals surface area contributed by atoms with E-state index in [2.05, 4.69) is 9.97 Å². The molecule has 1 heterocycles. The molecule has 0 N–H and O–H groups in total. The highest BCUT2D eigenvalue weighted by atomic mass is 16.5. The third kappa shape index (κ3) is 3.12. The first-order valence-electron chi connectivity index (χ1n) is 4.50. The first kappa shape index (κ1) is 10.6. The van der Waals surface area contributed by atoms with Crippen LogP contribution < -0.4 is 4.74 Å². The summed E-state index contributed by atoms with van der Waals surface area (Å²) < 4.78 is 5.01. The van der Waals surface area contributed by atoms with Gasteiger partial charge < -0.3 is 9.53 Å². The Kier molecular flexibility index (Phi) is 3.56. The van der Waals surface area contributed by atoms with Crippen LogP contribution in [0.25, 0.3) is 0 Å². The lowest BCUT2D eigenvalue weighted by Gasteiger charge is -2.03. The first-order chi connectivity index (χ1) is 6.61. The number of carbonyl (C=O) groups excluding carboxylic acids is 1. The van der Waals surface area contributed by atoms with E-state index in [1.165, 1.54) is 0 Å². The summed E-state index contributed by atoms with van der Waals surface area (Å²) in [6.07, 6.45) is 1.16. The average Bonchev–Trinajstić information content (AvgIpc) is 2.14. The van der Waals surface area contributed by atoms with Crippen molar-refractivity contribution in [2.75, 3.05) is 7.11 Å². The van der Waals surface area contributed by atoms with Gasteiger partial charge in [0, 0.05) is 18.2 Å². The van der Waals surface area contributed by atoms with Crippen molar-refractivity contribution in [2.24, 2.45) is 0 Å². The monoisotopic (exact) mass is 194 g/mol. The van der Waals surface area contributed by atoms with Crippen molar-refractivity contribution in [3.8, 4) is 5.88 Å². The number of Topliss-reactive ketones (excluding diaryl/α,β-unsaturated/α-hetero) is 1. The predicted molar refractivity (Wildman–Crippen MR) is 52.3 cm³/mol. The van der Waals surface area contributed by atoms with Crippen LogP contribution in [0, 0.1) is 6.92 Å². The summed E-state index contributed by atoms with van der Waals surface area (Å²) in [5.74, 6) is 1.39. The van der Waals surface area contributed by atoms with Gasteiger partial charge in [-0.05, 0) is 20.3 Å². The molecule has 0 atom stereocenters. The molecule has 4 nitrogen and oxygen atoms in total. The fourth-order valence-corrected chi connectivity index (χ4v) is 1.14. The van der Waals surface area contributed by atoms with E-state index >= 15 is 0 Å². The summed E-state index contributed by atoms with van der Waals surface area (Å²) in [7, 11) is 1.57. The SMILES string of the molecule is COc1cc(CCC(C)=O)nc(C)n1. The number of nitrogens with zero attached hydrogens (tertiary/aromatic N) is 2. The van der Waals surface area contributed by atoms with E-state index in [0.717, 1.165) is 5.69 Å². The molecule has 0 aliphatic carbocycles. The number of hydrogen-bond donors (Lipinski definition) is 0. The second kappa shape index (κ2) is 4.69. The van der Waals surface area contributed by atoms with Crippen molar-refractivity contribution in [3.63, 3.8) is 0 Å². The fourth-order valence-electron chi connectivity index (χ4n) is 1.14. The van der Waals surface area contributed by atoms with Crippen LogP contribution in [0.4, 0.5) is 0 Å². The molecule has 0 aromatic carbocycles. The lowest BCUT2D eigenvalue weighted by molar-refractivity contribution is -0.117. The Balaban J connectivity index is 2.76. The summed E-state index contributed by atoms with van der Waals surface area (Å²) in [6, 6.07) is 1.76. The van der Waals surface area contributed by atoms with Gasteiger partial charge in [0.1, 0.15) is 11.6 Å². The standard InChI is InChI=1S/C10H14N2O2/c1-7(13)4-5-9-6-10(14-3)12-8(2)11-9/h6H,4-5H2,1-3H3. The van der Waals surface area contributed by atoms with Crippen LogP contribution in [0.5, 0.6) is 5.88 Å². The largest absolute Gasteiger partial charge is 0.481 e. The van der Waals surface area contributed by atoms with Gasteiger partial charge >= 0.3 is 0 Å². The first-order valence-corrected chi connectivity index (χ1v) is 4.50. The lowest BCUT2D eigenvalue weighted by Crippen LogP contribution is -2.01. The van der Waals surface area contributed by atoms with Crippen LogP contribution in [0.2, 0.25) is 0 Å². The zero-order chi connectivity index (χ0) is 10.6. The number of ether oxygens (including phenoxy) is 1. The molecule has 0 saturated carbocycles. The number of aromatic nitrogens is 2. The molecule has 0 saturated heterocycles. The number of methoxy groups -OCH3 is 1. The molecule has 76 valence electrons. The predicted octanol–water partition coefficient (Wildman–Crippen LogP) is 1.32. The van der Waals surface area contributed by atoms with Crippen molar-refractivity contribution in [3.05, 3.63) is 17.6 Å². The van der Waals surface area contributed by atoms with Gasteiger partial charge in [0.25, 0.3) is 0 Å². The summed E-state index contributed by atoms with van der Waals surface area (Å²) >= 11 is 0. The van der Waals surface area contributed by atoms with Crippen molar-refractivity contribution >= 4 is 5.78 Å². The highest BCUT2D eigenvalue weighted by Crippen LogP contribution is 2.10. The third-order valence-corrected chi connectivity index (χ3v) is 1.81. The minimum absolute atomic E-state index is 0.167. The van der Waals surface area contributed by atoms with Gasteiger partial charge in [0.05, 0.1) is 7.11 Å². The fraction of sp³-hybridized carbons (Fsp3) is 0.500. The zero-order valence-electron chi connectivity index (χ0n) is 8.70. The second-order valence-corrected chi connectivity index (χ2v) is 3.15. The molecule has 0 bridgehead atoms. The van der Waals surface area contributed by atoms with Crippen LogP contribution in [0.3, 0.4) is 0 Å². The quantitative estimate of drug-likeness (QED) is 0.725. The number of aryl methyl sites for hydroxylation is 2. The Labute approximate surface area is 83.3 Å². The Morgan fingerprint density at radius 3 is 2.79 bits per heavy atom. The van der Waals surface area contributed by atoms with Crippen molar-refractivity contribution in [1.82, 2.24) is 9.97 Å². The minimum Gasteiger partial charge on any atom is -0.481 e. The molecule has 1 aromatic rings. The molecule has 14 heavy (non-hydrogen) atoms. The smallest absolute Gasteiger partial charge is 0.216 e. The van der Waals surface area contributed by atoms with Crippen LogP contribution in [0.15, 0.2) is 6.07 Å². The van der Waals surface area contributed by atoms with Gasteiger partial charge in [0.15, 0.2) is 0 Å². The number of hydrogen-bond acceptors (Lipinski definition) is 4. The summed E-state index contributed by atoms with van der Waals surface area (Å²) in [5, 5.41) is 0. The normalized spacial score (nSPS) is 9.93. The Bertz CT molecular complexity index is 337. The van der Waals surface area contributed by atoms with Gasteiger partial charge in [-0.15, -0.1) is 0 Å². The van der Waals surface area contributed by atoms with Gasteiger partial charge in [-0.1, -0.05) is 0 Å². The molecule has 0 amide bonds. The Morgan fingerprint density at radius 2 is 2.21 bits per heavy atom. The van der Waals surface area contributed by atoms with Gasteiger partial charge in [-0.3, -0.25) is 0 Å². The molecule has 1 rings (SSSR count). The van der Waals surface area contributed by atoms with Crippen LogP contribution in [0.1, 0.15) is 24.9 Å². The molecule has 1 aromatic heterocycles. The highest BCUT2D eigenvalue weighted by molar-refractivity contribution is 5.75. The maximum atomic E-state index is 10.8. The molecule has 0 spiro atoms. The van der Waals surface area contributed by atoms with E-state index in [-0.39, 0.29) is 5.78 Å². The van der Waals surface area contributed by atoms with E-state index in [1.807, 2.05) is 0 Å². The Hall–Kier alpha value is -1.45. The van der Waals surface area contributed by atoms with Crippen LogP contribution in [-0.4, -0.2) is 22.9 Å². The van der Waals surface area contributed by atoms with E-state index in [9.17, 15) is 4.79 Å². The number of carbonyl (C=O) groups is 1. The van der Waals surface area contributed by atoms with E-state index in [0.29, 0.717) is 24.5 Å². The average molecular weight is 194 g/mol. The minimum atomic E-state index is 0.167. The lowest BCUT2D eigenvalue weighted by atomic mass is 10.2. The number of ketones is 1.